The van der Waals surface area contributed by atoms with E-state index in [9.17, 15) is 14.7 Å². The first kappa shape index (κ1) is 22.6. The van der Waals surface area contributed by atoms with Crippen LogP contribution >= 0.6 is 0 Å². The van der Waals surface area contributed by atoms with Crippen LogP contribution in [-0.4, -0.2) is 66.7 Å². The second-order valence-corrected chi connectivity index (χ2v) is 10.7. The van der Waals surface area contributed by atoms with E-state index in [-0.39, 0.29) is 35.1 Å². The highest BCUT2D eigenvalue weighted by Crippen LogP contribution is 2.56. The highest BCUT2D eigenvalue weighted by atomic mass is 16.6. The van der Waals surface area contributed by atoms with Crippen LogP contribution in [-0.2, 0) is 9.53 Å². The van der Waals surface area contributed by atoms with Gasteiger partial charge in [0.1, 0.15) is 6.10 Å². The number of hydrogen-bond donors (Lipinski definition) is 1. The Balaban J connectivity index is 1.25. The van der Waals surface area contributed by atoms with Crippen LogP contribution in [0.3, 0.4) is 0 Å². The number of benzene rings is 1. The number of piperazine rings is 1. The lowest BCUT2D eigenvalue weighted by molar-refractivity contribution is -0.145. The number of allylic oxidation sites excluding steroid dienone is 1. The Kier molecular flexibility index (Phi) is 5.86. The van der Waals surface area contributed by atoms with Crippen molar-refractivity contribution in [2.75, 3.05) is 37.6 Å². The van der Waals surface area contributed by atoms with Gasteiger partial charge < -0.3 is 14.7 Å². The molecule has 6 atom stereocenters. The number of ketones is 1. The van der Waals surface area contributed by atoms with E-state index in [1.165, 1.54) is 5.57 Å². The van der Waals surface area contributed by atoms with Crippen LogP contribution in [0.4, 0.5) is 5.69 Å². The monoisotopic (exact) mass is 452 g/mol. The zero-order valence-electron chi connectivity index (χ0n) is 20.0. The Morgan fingerprint density at radius 3 is 2.55 bits per heavy atom. The van der Waals surface area contributed by atoms with Gasteiger partial charge in [0.25, 0.3) is 0 Å². The van der Waals surface area contributed by atoms with E-state index in [4.69, 9.17) is 4.74 Å². The molecule has 178 valence electrons. The molecule has 0 amide bonds. The molecule has 2 aliphatic carbocycles. The van der Waals surface area contributed by atoms with Gasteiger partial charge in [-0.05, 0) is 49.9 Å². The fraction of sp³-hybridized carbons (Fsp3) is 0.630. The third kappa shape index (κ3) is 3.81. The number of aliphatic hydroxyl groups excluding tert-OH is 1. The lowest BCUT2D eigenvalue weighted by Gasteiger charge is -2.52. The van der Waals surface area contributed by atoms with Crippen LogP contribution in [0.2, 0.25) is 0 Å². The van der Waals surface area contributed by atoms with E-state index >= 15 is 0 Å². The van der Waals surface area contributed by atoms with Gasteiger partial charge in [-0.2, -0.15) is 0 Å². The van der Waals surface area contributed by atoms with Crippen molar-refractivity contribution in [1.82, 2.24) is 4.90 Å². The summed E-state index contributed by atoms with van der Waals surface area (Å²) in [5, 5.41) is 11.6. The van der Waals surface area contributed by atoms with Gasteiger partial charge in [-0.3, -0.25) is 14.5 Å². The maximum absolute atomic E-state index is 12.9. The Bertz CT molecular complexity index is 949. The molecule has 33 heavy (non-hydrogen) atoms. The molecule has 2 saturated heterocycles. The summed E-state index contributed by atoms with van der Waals surface area (Å²) in [6.07, 6.45) is 4.45. The molecule has 6 nitrogen and oxygen atoms in total. The number of carbonyl (C=O) groups excluding carboxylic acids is 2. The molecule has 1 N–H and O–H groups in total. The van der Waals surface area contributed by atoms with E-state index in [0.717, 1.165) is 56.7 Å². The Morgan fingerprint density at radius 2 is 1.88 bits per heavy atom. The van der Waals surface area contributed by atoms with E-state index in [1.54, 1.807) is 6.92 Å². The van der Waals surface area contributed by atoms with Crippen LogP contribution in [0.25, 0.3) is 0 Å². The smallest absolute Gasteiger partial charge is 0.311 e. The van der Waals surface area contributed by atoms with Gasteiger partial charge in [0, 0.05) is 61.7 Å². The molecule has 1 aromatic rings. The van der Waals surface area contributed by atoms with Gasteiger partial charge in [-0.25, -0.2) is 0 Å². The number of Topliss-reactive ketones (excluding diaryl/α,β-unsaturated/α-hetero) is 1. The van der Waals surface area contributed by atoms with Crippen molar-refractivity contribution >= 4 is 17.4 Å². The average molecular weight is 453 g/mol. The molecule has 0 unspecified atom stereocenters. The van der Waals surface area contributed by atoms with Gasteiger partial charge in [-0.15, -0.1) is 0 Å². The summed E-state index contributed by atoms with van der Waals surface area (Å²) in [7, 11) is 0. The van der Waals surface area contributed by atoms with Gasteiger partial charge in [0.2, 0.25) is 0 Å². The minimum Gasteiger partial charge on any atom is -0.461 e. The summed E-state index contributed by atoms with van der Waals surface area (Å²) >= 11 is 0. The maximum atomic E-state index is 12.9. The molecular weight excluding hydrogens is 416 g/mol. The van der Waals surface area contributed by atoms with Crippen molar-refractivity contribution in [3.05, 3.63) is 41.5 Å². The molecule has 2 heterocycles. The van der Waals surface area contributed by atoms with Crippen LogP contribution < -0.4 is 4.90 Å². The second kappa shape index (κ2) is 8.55. The lowest BCUT2D eigenvalue weighted by Crippen LogP contribution is -2.55. The first-order chi connectivity index (χ1) is 15.8. The summed E-state index contributed by atoms with van der Waals surface area (Å²) < 4.78 is 5.84. The number of fused-ring (bicyclic) bond motifs is 2. The van der Waals surface area contributed by atoms with Crippen LogP contribution in [0.5, 0.6) is 0 Å². The largest absolute Gasteiger partial charge is 0.461 e. The Labute approximate surface area is 196 Å². The van der Waals surface area contributed by atoms with Crippen molar-refractivity contribution in [2.45, 2.75) is 52.2 Å². The van der Waals surface area contributed by atoms with E-state index in [0.29, 0.717) is 12.5 Å². The fourth-order valence-corrected chi connectivity index (χ4v) is 6.65. The lowest BCUT2D eigenvalue weighted by atomic mass is 9.55. The quantitative estimate of drug-likeness (QED) is 0.430. The number of rotatable bonds is 4. The molecule has 6 heteroatoms. The topological polar surface area (TPSA) is 70.1 Å². The first-order valence-corrected chi connectivity index (χ1v) is 12.5. The number of hydrogen-bond acceptors (Lipinski definition) is 6. The maximum Gasteiger partial charge on any atom is 0.311 e. The third-order valence-corrected chi connectivity index (χ3v) is 9.04. The zero-order chi connectivity index (χ0) is 23.3. The zero-order valence-corrected chi connectivity index (χ0v) is 20.0. The highest BCUT2D eigenvalue weighted by molar-refractivity contribution is 5.94. The van der Waals surface area contributed by atoms with Crippen molar-refractivity contribution < 1.29 is 19.4 Å². The number of carbonyl (C=O) groups is 2. The van der Waals surface area contributed by atoms with Crippen LogP contribution in [0.15, 0.2) is 35.9 Å². The molecular formula is C27H36N2O4. The van der Waals surface area contributed by atoms with Gasteiger partial charge >= 0.3 is 5.97 Å². The molecule has 4 aliphatic rings. The predicted molar refractivity (Wildman–Crippen MR) is 127 cm³/mol. The molecule has 2 aliphatic heterocycles. The number of nitrogens with zero attached hydrogens (tertiary/aromatic N) is 2. The van der Waals surface area contributed by atoms with Crippen molar-refractivity contribution in [1.29, 1.82) is 0 Å². The molecule has 0 spiro atoms. The molecule has 3 fully saturated rings. The van der Waals surface area contributed by atoms with E-state index in [2.05, 4.69) is 29.7 Å². The molecule has 0 bridgehead atoms. The minimum atomic E-state index is -0.546. The van der Waals surface area contributed by atoms with Crippen LogP contribution in [0, 0.1) is 23.2 Å². The normalized spacial score (nSPS) is 36.6. The molecule has 5 rings (SSSR count). The van der Waals surface area contributed by atoms with Crippen molar-refractivity contribution in [3.63, 3.8) is 0 Å². The molecule has 1 aromatic carbocycles. The Hall–Kier alpha value is -2.18. The highest BCUT2D eigenvalue weighted by Gasteiger charge is 2.59. The Morgan fingerprint density at radius 1 is 1.18 bits per heavy atom. The SMILES string of the molecule is CC(=O)c1ccc(N2CCN(C[C@H]3C(=O)O[C@@H]4CC5=CCC[C@H](C)[C@@]5(C)[C@@H](O)[C@H]43)CC2)cc1. The van der Waals surface area contributed by atoms with Crippen molar-refractivity contribution in [3.8, 4) is 0 Å². The first-order valence-electron chi connectivity index (χ1n) is 12.5. The molecule has 1 saturated carbocycles. The van der Waals surface area contributed by atoms with E-state index in [1.807, 2.05) is 24.3 Å². The van der Waals surface area contributed by atoms with Gasteiger partial charge in [0.15, 0.2) is 5.78 Å². The molecule has 0 radical (unpaired) electrons. The molecule has 0 aromatic heterocycles. The summed E-state index contributed by atoms with van der Waals surface area (Å²) in [6, 6.07) is 7.80. The fourth-order valence-electron chi connectivity index (χ4n) is 6.65. The summed E-state index contributed by atoms with van der Waals surface area (Å²) in [5.41, 5.74) is 2.89. The van der Waals surface area contributed by atoms with E-state index < -0.39 is 6.10 Å². The summed E-state index contributed by atoms with van der Waals surface area (Å²) in [6.45, 7) is 10.2. The standard InChI is InChI=1S/C27H36N2O4/c1-17-5-4-6-20-15-23-24(25(31)27(17,20)3)22(26(32)33-23)16-28-11-13-29(14-12-28)21-9-7-19(8-10-21)18(2)30/h6-10,17,22-25,31H,4-5,11-16H2,1-3H3/t17-,22+,23+,24-,25-,27+/m0/s1. The van der Waals surface area contributed by atoms with Crippen molar-refractivity contribution in [2.24, 2.45) is 23.2 Å². The number of aliphatic hydroxyl groups is 1. The average Bonchev–Trinajstić information content (AvgIpc) is 3.11. The minimum absolute atomic E-state index is 0.0807. The van der Waals surface area contributed by atoms with Gasteiger partial charge in [-0.1, -0.05) is 25.5 Å². The predicted octanol–water partition coefficient (Wildman–Crippen LogP) is 3.30. The number of anilines is 1. The summed E-state index contributed by atoms with van der Waals surface area (Å²) in [4.78, 5) is 29.1. The number of esters is 1. The summed E-state index contributed by atoms with van der Waals surface area (Å²) in [5.74, 6) is -0.0436. The van der Waals surface area contributed by atoms with Crippen LogP contribution in [0.1, 0.15) is 50.4 Å². The second-order valence-electron chi connectivity index (χ2n) is 10.7. The van der Waals surface area contributed by atoms with Gasteiger partial charge in [0.05, 0.1) is 12.0 Å². The number of ether oxygens (including phenoxy) is 1. The third-order valence-electron chi connectivity index (χ3n) is 9.04.